The molecule has 0 radical (unpaired) electrons. The number of thiazole rings is 1. The van der Waals surface area contributed by atoms with Crippen molar-refractivity contribution in [3.63, 3.8) is 0 Å². The van der Waals surface area contributed by atoms with Crippen LogP contribution in [0.4, 0.5) is 9.93 Å². The van der Waals surface area contributed by atoms with Crippen molar-refractivity contribution in [1.82, 2.24) is 20.1 Å². The average molecular weight is 652 g/mol. The highest BCUT2D eigenvalue weighted by atomic mass is 32.2. The summed E-state index contributed by atoms with van der Waals surface area (Å²) in [6.45, 7) is 5.78. The topological polar surface area (TPSA) is 122 Å². The Morgan fingerprint density at radius 1 is 0.978 bits per heavy atom. The van der Waals surface area contributed by atoms with Gasteiger partial charge in [0.15, 0.2) is 5.13 Å². The van der Waals surface area contributed by atoms with E-state index in [-0.39, 0.29) is 18.4 Å². The highest BCUT2D eigenvalue weighted by Crippen LogP contribution is 2.47. The molecule has 4 heterocycles. The maximum atomic E-state index is 13.6. The van der Waals surface area contributed by atoms with Crippen LogP contribution in [-0.2, 0) is 25.6 Å². The number of carbonyl (C=O) groups is 3. The molecule has 1 spiro atoms. The molecule has 1 atom stereocenters. The van der Waals surface area contributed by atoms with Gasteiger partial charge < -0.3 is 24.8 Å². The first-order chi connectivity index (χ1) is 22.0. The van der Waals surface area contributed by atoms with Gasteiger partial charge in [0.05, 0.1) is 23.8 Å². The normalized spacial score (nSPS) is 19.7. The minimum absolute atomic E-state index is 0.121. The first kappa shape index (κ1) is 31.5. The number of aromatic nitrogens is 1. The maximum Gasteiger partial charge on any atom is 0.411 e. The fourth-order valence-electron chi connectivity index (χ4n) is 5.71. The largest absolute Gasteiger partial charge is 0.444 e. The molecular weight excluding hydrogens is 615 g/mol. The third kappa shape index (κ3) is 7.67. The zero-order chi connectivity index (χ0) is 31.1. The number of hydrogen-bond acceptors (Lipinski definition) is 10. The average Bonchev–Trinajstić information content (AvgIpc) is 3.70. The Morgan fingerprint density at radius 2 is 1.71 bits per heavy atom. The van der Waals surface area contributed by atoms with E-state index in [9.17, 15) is 14.4 Å². The molecule has 13 heteroatoms. The molecular formula is C32H37N5O6S2. The molecule has 45 heavy (non-hydrogen) atoms. The molecule has 0 bridgehead atoms. The second-order valence-corrected chi connectivity index (χ2v) is 13.3. The van der Waals surface area contributed by atoms with Gasteiger partial charge in [0.2, 0.25) is 5.91 Å². The van der Waals surface area contributed by atoms with Crippen molar-refractivity contribution in [1.29, 1.82) is 0 Å². The van der Waals surface area contributed by atoms with E-state index in [2.05, 4.69) is 20.5 Å². The fourth-order valence-corrected chi connectivity index (χ4v) is 8.00. The lowest BCUT2D eigenvalue weighted by atomic mass is 10.0. The SMILES string of the molecule is O=C(NCCN1CCOCC1)c1ccc(-c2csc(NC(=O)[C@@H]3CSC4(CCOCC4)N3C(=O)OCc3ccccc3)n2)cc1. The van der Waals surface area contributed by atoms with E-state index in [1.807, 2.05) is 47.8 Å². The first-order valence-corrected chi connectivity index (χ1v) is 17.0. The standard InChI is InChI=1S/C32H37N5O6S2/c38-28(33-12-13-36-14-18-42-19-15-36)25-8-6-24(7-9-25)26-21-44-30(34-26)35-29(39)27-22-45-32(10-16-41-17-11-32)37(27)31(40)43-20-23-4-2-1-3-5-23/h1-9,21,27H,10-20,22H2,(H,33,38)(H,34,35,39)/t27-/m0/s1. The molecule has 3 fully saturated rings. The highest BCUT2D eigenvalue weighted by molar-refractivity contribution is 8.01. The molecule has 0 unspecified atom stereocenters. The Labute approximate surface area is 270 Å². The first-order valence-electron chi connectivity index (χ1n) is 15.2. The quantitative estimate of drug-likeness (QED) is 0.353. The summed E-state index contributed by atoms with van der Waals surface area (Å²) in [4.78, 5) is 47.7. The van der Waals surface area contributed by atoms with E-state index in [1.54, 1.807) is 28.8 Å². The Kier molecular flexibility index (Phi) is 10.3. The molecule has 3 aliphatic rings. The van der Waals surface area contributed by atoms with Gasteiger partial charge in [-0.2, -0.15) is 0 Å². The number of carbonyl (C=O) groups excluding carboxylic acids is 3. The van der Waals surface area contributed by atoms with Crippen molar-refractivity contribution < 1.29 is 28.6 Å². The minimum Gasteiger partial charge on any atom is -0.444 e. The van der Waals surface area contributed by atoms with E-state index in [0.29, 0.717) is 54.7 Å². The van der Waals surface area contributed by atoms with Gasteiger partial charge in [0, 0.05) is 74.5 Å². The lowest BCUT2D eigenvalue weighted by Crippen LogP contribution is -2.55. The molecule has 3 saturated heterocycles. The van der Waals surface area contributed by atoms with Crippen LogP contribution in [-0.4, -0.2) is 102 Å². The summed E-state index contributed by atoms with van der Waals surface area (Å²) in [5.41, 5.74) is 2.98. The number of anilines is 1. The van der Waals surface area contributed by atoms with Crippen molar-refractivity contribution in [2.45, 2.75) is 30.4 Å². The Balaban J connectivity index is 1.06. The molecule has 3 amide bonds. The van der Waals surface area contributed by atoms with Crippen molar-refractivity contribution in [2.75, 3.05) is 63.7 Å². The van der Waals surface area contributed by atoms with Gasteiger partial charge in [0.25, 0.3) is 5.91 Å². The predicted molar refractivity (Wildman–Crippen MR) is 173 cm³/mol. The second-order valence-electron chi connectivity index (χ2n) is 11.1. The number of rotatable bonds is 9. The van der Waals surface area contributed by atoms with Crippen LogP contribution in [0.1, 0.15) is 28.8 Å². The molecule has 2 aromatic carbocycles. The summed E-state index contributed by atoms with van der Waals surface area (Å²) in [5.74, 6) is 0.0395. The Bertz CT molecular complexity index is 1460. The van der Waals surface area contributed by atoms with Crippen molar-refractivity contribution in [3.8, 4) is 11.3 Å². The number of ether oxygens (including phenoxy) is 3. The van der Waals surface area contributed by atoms with Crippen LogP contribution in [0.5, 0.6) is 0 Å². The number of amides is 3. The minimum atomic E-state index is -0.704. The molecule has 0 saturated carbocycles. The van der Waals surface area contributed by atoms with Gasteiger partial charge in [-0.25, -0.2) is 9.78 Å². The van der Waals surface area contributed by atoms with E-state index < -0.39 is 17.0 Å². The fraction of sp³-hybridized carbons (Fsp3) is 0.438. The van der Waals surface area contributed by atoms with E-state index in [1.165, 1.54) is 11.3 Å². The third-order valence-electron chi connectivity index (χ3n) is 8.23. The van der Waals surface area contributed by atoms with Gasteiger partial charge in [-0.15, -0.1) is 23.1 Å². The number of nitrogens with one attached hydrogen (secondary N) is 2. The van der Waals surface area contributed by atoms with Crippen molar-refractivity contribution >= 4 is 46.1 Å². The lowest BCUT2D eigenvalue weighted by molar-refractivity contribution is -0.121. The van der Waals surface area contributed by atoms with E-state index >= 15 is 0 Å². The zero-order valence-electron chi connectivity index (χ0n) is 24.9. The van der Waals surface area contributed by atoms with Gasteiger partial charge >= 0.3 is 6.09 Å². The van der Waals surface area contributed by atoms with Gasteiger partial charge in [-0.3, -0.25) is 19.4 Å². The molecule has 3 aromatic rings. The summed E-state index contributed by atoms with van der Waals surface area (Å²) in [6.07, 6.45) is 0.757. The van der Waals surface area contributed by atoms with Crippen LogP contribution in [0.25, 0.3) is 11.3 Å². The monoisotopic (exact) mass is 651 g/mol. The van der Waals surface area contributed by atoms with Crippen LogP contribution < -0.4 is 10.6 Å². The Morgan fingerprint density at radius 3 is 2.47 bits per heavy atom. The van der Waals surface area contributed by atoms with E-state index in [4.69, 9.17) is 14.2 Å². The number of hydrogen-bond donors (Lipinski definition) is 2. The van der Waals surface area contributed by atoms with Gasteiger partial charge in [-0.1, -0.05) is 42.5 Å². The highest BCUT2D eigenvalue weighted by Gasteiger charge is 2.53. The summed E-state index contributed by atoms with van der Waals surface area (Å²) in [6, 6.07) is 16.1. The van der Waals surface area contributed by atoms with Crippen LogP contribution >= 0.6 is 23.1 Å². The summed E-state index contributed by atoms with van der Waals surface area (Å²) in [5, 5.41) is 8.22. The molecule has 0 aliphatic carbocycles. The summed E-state index contributed by atoms with van der Waals surface area (Å²) >= 11 is 2.93. The molecule has 238 valence electrons. The summed E-state index contributed by atoms with van der Waals surface area (Å²) < 4.78 is 16.7. The zero-order valence-corrected chi connectivity index (χ0v) is 26.6. The number of morpholine rings is 1. The predicted octanol–water partition coefficient (Wildman–Crippen LogP) is 4.07. The maximum absolute atomic E-state index is 13.6. The molecule has 3 aliphatic heterocycles. The molecule has 1 aromatic heterocycles. The molecule has 6 rings (SSSR count). The number of nitrogens with zero attached hydrogens (tertiary/aromatic N) is 3. The Hall–Kier alpha value is -3.49. The van der Waals surface area contributed by atoms with Crippen LogP contribution in [0.3, 0.4) is 0 Å². The van der Waals surface area contributed by atoms with Crippen molar-refractivity contribution in [3.05, 3.63) is 71.1 Å². The third-order valence-corrected chi connectivity index (χ3v) is 10.6. The summed E-state index contributed by atoms with van der Waals surface area (Å²) in [7, 11) is 0. The van der Waals surface area contributed by atoms with Crippen LogP contribution in [0.2, 0.25) is 0 Å². The van der Waals surface area contributed by atoms with Gasteiger partial charge in [-0.05, 0) is 17.7 Å². The van der Waals surface area contributed by atoms with Crippen molar-refractivity contribution in [2.24, 2.45) is 0 Å². The van der Waals surface area contributed by atoms with E-state index in [0.717, 1.165) is 44.0 Å². The number of thioether (sulfide) groups is 1. The second kappa shape index (κ2) is 14.7. The smallest absolute Gasteiger partial charge is 0.411 e. The van der Waals surface area contributed by atoms with Crippen LogP contribution in [0.15, 0.2) is 60.0 Å². The molecule has 2 N–H and O–H groups in total. The lowest BCUT2D eigenvalue weighted by Gasteiger charge is -2.41. The number of benzene rings is 2. The van der Waals surface area contributed by atoms with Crippen LogP contribution in [0, 0.1) is 0 Å². The molecule has 11 nitrogen and oxygen atoms in total. The van der Waals surface area contributed by atoms with Gasteiger partial charge in [0.1, 0.15) is 12.6 Å².